The topological polar surface area (TPSA) is 66.5 Å². The van der Waals surface area contributed by atoms with E-state index >= 15 is 0 Å². The monoisotopic (exact) mass is 388 g/mol. The summed E-state index contributed by atoms with van der Waals surface area (Å²) in [6, 6.07) is 6.88. The third-order valence-electron chi connectivity index (χ3n) is 3.70. The van der Waals surface area contributed by atoms with E-state index in [2.05, 4.69) is 21.2 Å². The largest absolute Gasteiger partial charge is 0.340 e. The first-order valence-corrected chi connectivity index (χ1v) is 9.82. The number of carbonyl (C=O) groups is 1. The quantitative estimate of drug-likeness (QED) is 0.835. The molecule has 0 unspecified atom stereocenters. The molecule has 1 amide bonds. The highest BCUT2D eigenvalue weighted by Gasteiger charge is 2.21. The van der Waals surface area contributed by atoms with Crippen LogP contribution in [0, 0.1) is 0 Å². The smallest absolute Gasteiger partial charge is 0.222 e. The van der Waals surface area contributed by atoms with Crippen molar-refractivity contribution in [2.24, 2.45) is 0 Å². The molecule has 1 N–H and O–H groups in total. The molecule has 1 atom stereocenters. The molecule has 0 aromatic heterocycles. The second kappa shape index (κ2) is 7.57. The molecular formula is C15H21BrN2O3S. The summed E-state index contributed by atoms with van der Waals surface area (Å²) in [6.07, 6.45) is 0.637. The lowest BCUT2D eigenvalue weighted by Gasteiger charge is -2.32. The molecule has 0 saturated carbocycles. The van der Waals surface area contributed by atoms with Crippen LogP contribution in [0.1, 0.15) is 19.8 Å². The van der Waals surface area contributed by atoms with E-state index in [-0.39, 0.29) is 18.1 Å². The van der Waals surface area contributed by atoms with Crippen LogP contribution in [-0.4, -0.2) is 50.7 Å². The minimum atomic E-state index is -3.32. The normalized spacial score (nSPS) is 19.2. The average molecular weight is 389 g/mol. The maximum absolute atomic E-state index is 12.2. The van der Waals surface area contributed by atoms with Gasteiger partial charge in [0.25, 0.3) is 0 Å². The molecule has 5 nitrogen and oxygen atoms in total. The summed E-state index contributed by atoms with van der Waals surface area (Å²) in [7, 11) is -3.32. The number of rotatable bonds is 5. The Balaban J connectivity index is 1.84. The maximum Gasteiger partial charge on any atom is 0.222 e. The number of piperazine rings is 1. The first-order chi connectivity index (χ1) is 10.4. The fraction of sp³-hybridized carbons (Fsp3) is 0.533. The second-order valence-corrected chi connectivity index (χ2v) is 8.60. The first-order valence-electron chi connectivity index (χ1n) is 7.38. The van der Waals surface area contributed by atoms with Crippen molar-refractivity contribution in [1.82, 2.24) is 10.2 Å². The molecule has 22 heavy (non-hydrogen) atoms. The summed E-state index contributed by atoms with van der Waals surface area (Å²) in [6.45, 7) is 4.22. The van der Waals surface area contributed by atoms with Crippen LogP contribution in [0.2, 0.25) is 0 Å². The molecule has 0 bridgehead atoms. The number of benzene rings is 1. The molecule has 0 aliphatic carbocycles. The molecule has 0 spiro atoms. The Morgan fingerprint density at radius 2 is 2.05 bits per heavy atom. The molecule has 122 valence electrons. The van der Waals surface area contributed by atoms with E-state index in [1.54, 1.807) is 24.3 Å². The Morgan fingerprint density at radius 3 is 2.68 bits per heavy atom. The number of nitrogens with one attached hydrogen (secondary N) is 1. The van der Waals surface area contributed by atoms with Crippen molar-refractivity contribution in [1.29, 1.82) is 0 Å². The van der Waals surface area contributed by atoms with Crippen LogP contribution in [-0.2, 0) is 14.6 Å². The summed E-state index contributed by atoms with van der Waals surface area (Å²) in [4.78, 5) is 14.2. The van der Waals surface area contributed by atoms with Gasteiger partial charge in [-0.2, -0.15) is 0 Å². The molecule has 1 fully saturated rings. The Hall–Kier alpha value is -0.920. The van der Waals surface area contributed by atoms with Gasteiger partial charge in [-0.05, 0) is 37.6 Å². The molecule has 1 saturated heterocycles. The number of halogens is 1. The zero-order valence-corrected chi connectivity index (χ0v) is 15.0. The number of carbonyl (C=O) groups excluding carboxylic acids is 1. The van der Waals surface area contributed by atoms with Gasteiger partial charge < -0.3 is 10.2 Å². The van der Waals surface area contributed by atoms with E-state index in [0.29, 0.717) is 30.4 Å². The van der Waals surface area contributed by atoms with Crippen LogP contribution in [0.5, 0.6) is 0 Å². The van der Waals surface area contributed by atoms with Gasteiger partial charge in [0, 0.05) is 36.6 Å². The Kier molecular flexibility index (Phi) is 6.00. The lowest BCUT2D eigenvalue weighted by molar-refractivity contribution is -0.132. The summed E-state index contributed by atoms with van der Waals surface area (Å²) < 4.78 is 25.2. The molecule has 0 radical (unpaired) electrons. The van der Waals surface area contributed by atoms with E-state index in [0.717, 1.165) is 11.0 Å². The van der Waals surface area contributed by atoms with Crippen molar-refractivity contribution in [2.75, 3.05) is 25.4 Å². The highest BCUT2D eigenvalue weighted by molar-refractivity contribution is 9.10. The van der Waals surface area contributed by atoms with E-state index in [1.807, 2.05) is 11.8 Å². The van der Waals surface area contributed by atoms with Crippen molar-refractivity contribution >= 4 is 31.7 Å². The molecule has 1 heterocycles. The van der Waals surface area contributed by atoms with E-state index in [9.17, 15) is 13.2 Å². The summed E-state index contributed by atoms with van der Waals surface area (Å²) in [5.41, 5.74) is 0. The van der Waals surface area contributed by atoms with Gasteiger partial charge in [0.15, 0.2) is 9.84 Å². The Labute approximate surface area is 140 Å². The van der Waals surface area contributed by atoms with Gasteiger partial charge in [0.1, 0.15) is 0 Å². The van der Waals surface area contributed by atoms with Gasteiger partial charge >= 0.3 is 0 Å². The Bertz CT molecular complexity index is 616. The molecular weight excluding hydrogens is 368 g/mol. The first kappa shape index (κ1) is 17.4. The van der Waals surface area contributed by atoms with Gasteiger partial charge in [-0.15, -0.1) is 0 Å². The van der Waals surface area contributed by atoms with Crippen molar-refractivity contribution in [2.45, 2.75) is 30.7 Å². The lowest BCUT2D eigenvalue weighted by atomic mass is 10.2. The van der Waals surface area contributed by atoms with Gasteiger partial charge in [-0.1, -0.05) is 15.9 Å². The highest BCUT2D eigenvalue weighted by Crippen LogP contribution is 2.17. The summed E-state index contributed by atoms with van der Waals surface area (Å²) >= 11 is 3.28. The number of hydrogen-bond acceptors (Lipinski definition) is 4. The van der Waals surface area contributed by atoms with E-state index in [4.69, 9.17) is 0 Å². The second-order valence-electron chi connectivity index (χ2n) is 5.57. The SMILES string of the molecule is C[C@@H]1CN(C(=O)CCCS(=O)(=O)c2ccc(Br)cc2)CCN1. The third kappa shape index (κ3) is 4.79. The van der Waals surface area contributed by atoms with Crippen molar-refractivity contribution in [3.63, 3.8) is 0 Å². The number of nitrogens with zero attached hydrogens (tertiary/aromatic N) is 1. The number of amides is 1. The van der Waals surface area contributed by atoms with Crippen molar-refractivity contribution in [3.05, 3.63) is 28.7 Å². The lowest BCUT2D eigenvalue weighted by Crippen LogP contribution is -2.51. The predicted molar refractivity (Wildman–Crippen MR) is 89.5 cm³/mol. The number of hydrogen-bond donors (Lipinski definition) is 1. The zero-order valence-electron chi connectivity index (χ0n) is 12.6. The van der Waals surface area contributed by atoms with Crippen LogP contribution in [0.25, 0.3) is 0 Å². The maximum atomic E-state index is 12.2. The van der Waals surface area contributed by atoms with Gasteiger partial charge in [0.2, 0.25) is 5.91 Å². The van der Waals surface area contributed by atoms with Gasteiger partial charge in [-0.3, -0.25) is 4.79 Å². The highest BCUT2D eigenvalue weighted by atomic mass is 79.9. The van der Waals surface area contributed by atoms with E-state index < -0.39 is 9.84 Å². The molecule has 1 aliphatic rings. The minimum Gasteiger partial charge on any atom is -0.340 e. The fourth-order valence-corrected chi connectivity index (χ4v) is 4.07. The summed E-state index contributed by atoms with van der Waals surface area (Å²) in [5, 5.41) is 3.28. The minimum absolute atomic E-state index is 0.00200. The van der Waals surface area contributed by atoms with Gasteiger partial charge in [-0.25, -0.2) is 8.42 Å². The third-order valence-corrected chi connectivity index (χ3v) is 6.04. The van der Waals surface area contributed by atoms with Crippen LogP contribution in [0.4, 0.5) is 0 Å². The predicted octanol–water partition coefficient (Wildman–Crippen LogP) is 1.82. The van der Waals surface area contributed by atoms with Crippen LogP contribution < -0.4 is 5.32 Å². The molecule has 1 aliphatic heterocycles. The molecule has 7 heteroatoms. The number of sulfone groups is 1. The molecule has 2 rings (SSSR count). The van der Waals surface area contributed by atoms with Crippen molar-refractivity contribution < 1.29 is 13.2 Å². The van der Waals surface area contributed by atoms with Crippen LogP contribution >= 0.6 is 15.9 Å². The average Bonchev–Trinajstić information content (AvgIpc) is 2.47. The standard InChI is InChI=1S/C15H21BrN2O3S/c1-12-11-18(9-8-17-12)15(19)3-2-10-22(20,21)14-6-4-13(16)5-7-14/h4-7,12,17H,2-3,8-11H2,1H3/t12-/m1/s1. The van der Waals surface area contributed by atoms with Crippen molar-refractivity contribution in [3.8, 4) is 0 Å². The Morgan fingerprint density at radius 1 is 1.36 bits per heavy atom. The van der Waals surface area contributed by atoms with E-state index in [1.165, 1.54) is 0 Å². The summed E-state index contributed by atoms with van der Waals surface area (Å²) in [5.74, 6) is 0.0431. The van der Waals surface area contributed by atoms with Gasteiger partial charge in [0.05, 0.1) is 10.6 Å². The molecule has 1 aromatic carbocycles. The van der Waals surface area contributed by atoms with Crippen LogP contribution in [0.3, 0.4) is 0 Å². The van der Waals surface area contributed by atoms with Crippen LogP contribution in [0.15, 0.2) is 33.6 Å². The molecule has 1 aromatic rings. The fourth-order valence-electron chi connectivity index (χ4n) is 2.49. The zero-order chi connectivity index (χ0) is 16.2.